The second-order valence-electron chi connectivity index (χ2n) is 6.82. The Kier molecular flexibility index (Phi) is 6.46. The molecule has 2 aromatic heterocycles. The number of nitrogens with zero attached hydrogens (tertiary/aromatic N) is 5. The summed E-state index contributed by atoms with van der Waals surface area (Å²) < 4.78 is 29.0. The topological polar surface area (TPSA) is 105 Å². The highest BCUT2D eigenvalue weighted by Crippen LogP contribution is 2.25. The molecule has 1 aliphatic heterocycles. The Balaban J connectivity index is 1.28. The lowest BCUT2D eigenvalue weighted by molar-refractivity contribution is -0.115. The minimum atomic E-state index is -2.91. The third kappa shape index (κ3) is 5.81. The molecule has 3 aromatic rings. The van der Waals surface area contributed by atoms with Gasteiger partial charge in [-0.2, -0.15) is 13.9 Å². The second-order valence-corrected chi connectivity index (χ2v) is 7.80. The average molecular weight is 447 g/mol. The van der Waals surface area contributed by atoms with Crippen LogP contribution in [0.5, 0.6) is 5.75 Å². The van der Waals surface area contributed by atoms with Gasteiger partial charge in [0.25, 0.3) is 0 Å². The van der Waals surface area contributed by atoms with E-state index in [0.717, 1.165) is 25.3 Å². The molecule has 1 atom stereocenters. The second kappa shape index (κ2) is 9.60. The van der Waals surface area contributed by atoms with E-state index in [9.17, 15) is 13.6 Å². The van der Waals surface area contributed by atoms with Gasteiger partial charge in [-0.15, -0.1) is 15.3 Å². The molecular formula is C19H19F2N7O2S. The monoisotopic (exact) mass is 447 g/mol. The molecule has 1 aliphatic rings. The van der Waals surface area contributed by atoms with Gasteiger partial charge < -0.3 is 20.3 Å². The highest BCUT2D eigenvalue weighted by molar-refractivity contribution is 7.19. The van der Waals surface area contributed by atoms with Crippen LogP contribution in [-0.2, 0) is 11.2 Å². The zero-order valence-electron chi connectivity index (χ0n) is 16.2. The Morgan fingerprint density at radius 2 is 2.10 bits per heavy atom. The van der Waals surface area contributed by atoms with Crippen LogP contribution in [0.25, 0.3) is 0 Å². The summed E-state index contributed by atoms with van der Waals surface area (Å²) >= 11 is 1.23. The zero-order valence-corrected chi connectivity index (χ0v) is 17.1. The maximum absolute atomic E-state index is 12.3. The third-order valence-electron chi connectivity index (χ3n) is 4.56. The van der Waals surface area contributed by atoms with Crippen molar-refractivity contribution in [1.29, 1.82) is 0 Å². The Hall–Kier alpha value is -3.41. The first-order valence-corrected chi connectivity index (χ1v) is 10.3. The first-order valence-electron chi connectivity index (χ1n) is 9.51. The number of amides is 1. The molecule has 162 valence electrons. The summed E-state index contributed by atoms with van der Waals surface area (Å²) in [7, 11) is 0. The molecule has 31 heavy (non-hydrogen) atoms. The van der Waals surface area contributed by atoms with Crippen molar-refractivity contribution in [3.8, 4) is 5.75 Å². The van der Waals surface area contributed by atoms with E-state index in [-0.39, 0.29) is 24.1 Å². The number of carbonyl (C=O) groups is 1. The van der Waals surface area contributed by atoms with Gasteiger partial charge >= 0.3 is 6.61 Å². The van der Waals surface area contributed by atoms with Crippen molar-refractivity contribution in [2.45, 2.75) is 25.5 Å². The number of anilines is 3. The smallest absolute Gasteiger partial charge is 0.387 e. The average Bonchev–Trinajstić information content (AvgIpc) is 3.38. The Morgan fingerprint density at radius 1 is 1.23 bits per heavy atom. The summed E-state index contributed by atoms with van der Waals surface area (Å²) in [6.45, 7) is -1.30. The maximum atomic E-state index is 12.3. The highest BCUT2D eigenvalue weighted by Gasteiger charge is 2.24. The van der Waals surface area contributed by atoms with Crippen molar-refractivity contribution in [2.75, 3.05) is 28.6 Å². The number of nitrogens with one attached hydrogen (secondary N) is 2. The summed E-state index contributed by atoms with van der Waals surface area (Å²) in [5.74, 6) is 0.515. The lowest BCUT2D eigenvalue weighted by Gasteiger charge is -2.16. The molecule has 0 radical (unpaired) electrons. The van der Waals surface area contributed by atoms with Crippen LogP contribution in [0.15, 0.2) is 42.6 Å². The number of rotatable bonds is 8. The fourth-order valence-corrected chi connectivity index (χ4v) is 3.97. The standard InChI is InChI=1S/C19H19F2N7O2S/c20-17(21)30-14-4-1-3-12(9-14)10-16(29)24-19-27-26-18(31-19)23-13-6-8-28(11-13)15-5-2-7-22-25-15/h1-5,7,9,13,17H,6,8,10-11H2,(H,23,26)(H,24,27,29)/t13-/m1/s1. The normalized spacial score (nSPS) is 15.8. The summed E-state index contributed by atoms with van der Waals surface area (Å²) in [6.07, 6.45) is 2.55. The van der Waals surface area contributed by atoms with E-state index in [2.05, 4.69) is 40.7 Å². The first kappa shape index (κ1) is 20.8. The Bertz CT molecular complexity index is 1020. The summed E-state index contributed by atoms with van der Waals surface area (Å²) in [5, 5.41) is 23.1. The van der Waals surface area contributed by atoms with Gasteiger partial charge in [-0.05, 0) is 36.2 Å². The fourth-order valence-electron chi connectivity index (χ4n) is 3.24. The molecule has 3 heterocycles. The number of benzene rings is 1. The molecule has 0 bridgehead atoms. The van der Waals surface area contributed by atoms with Crippen LogP contribution in [0.3, 0.4) is 0 Å². The van der Waals surface area contributed by atoms with Crippen LogP contribution in [0, 0.1) is 0 Å². The number of hydrogen-bond acceptors (Lipinski definition) is 9. The van der Waals surface area contributed by atoms with Gasteiger partial charge in [0, 0.05) is 25.3 Å². The summed E-state index contributed by atoms with van der Waals surface area (Å²) in [6, 6.07) is 9.98. The predicted octanol–water partition coefficient (Wildman–Crippen LogP) is 2.80. The van der Waals surface area contributed by atoms with Gasteiger partial charge in [-0.3, -0.25) is 4.79 Å². The number of hydrogen-bond donors (Lipinski definition) is 2. The van der Waals surface area contributed by atoms with Crippen LogP contribution < -0.4 is 20.3 Å². The van der Waals surface area contributed by atoms with E-state index in [1.54, 1.807) is 18.3 Å². The zero-order chi connectivity index (χ0) is 21.6. The Morgan fingerprint density at radius 3 is 2.90 bits per heavy atom. The van der Waals surface area contributed by atoms with E-state index in [1.165, 1.54) is 23.5 Å². The lowest BCUT2D eigenvalue weighted by atomic mass is 10.1. The molecule has 1 amide bonds. The highest BCUT2D eigenvalue weighted by atomic mass is 32.1. The van der Waals surface area contributed by atoms with Gasteiger partial charge in [-0.1, -0.05) is 23.5 Å². The molecule has 12 heteroatoms. The maximum Gasteiger partial charge on any atom is 0.387 e. The van der Waals surface area contributed by atoms with Crippen LogP contribution in [-0.4, -0.2) is 52.0 Å². The van der Waals surface area contributed by atoms with Gasteiger partial charge in [0.1, 0.15) is 5.75 Å². The van der Waals surface area contributed by atoms with Crippen molar-refractivity contribution in [1.82, 2.24) is 20.4 Å². The van der Waals surface area contributed by atoms with Gasteiger partial charge in [0.2, 0.25) is 16.2 Å². The van der Waals surface area contributed by atoms with Crippen LogP contribution in [0.1, 0.15) is 12.0 Å². The number of carbonyl (C=O) groups excluding carboxylic acids is 1. The van der Waals surface area contributed by atoms with Crippen molar-refractivity contribution in [3.05, 3.63) is 48.2 Å². The van der Waals surface area contributed by atoms with Crippen molar-refractivity contribution < 1.29 is 18.3 Å². The van der Waals surface area contributed by atoms with Gasteiger partial charge in [0.15, 0.2) is 5.82 Å². The van der Waals surface area contributed by atoms with E-state index >= 15 is 0 Å². The van der Waals surface area contributed by atoms with E-state index in [1.807, 2.05) is 12.1 Å². The molecule has 4 rings (SSSR count). The molecule has 0 aliphatic carbocycles. The molecule has 0 unspecified atom stereocenters. The van der Waals surface area contributed by atoms with Crippen LogP contribution >= 0.6 is 11.3 Å². The molecule has 0 spiro atoms. The molecule has 1 aromatic carbocycles. The minimum absolute atomic E-state index is 0.00151. The summed E-state index contributed by atoms with van der Waals surface area (Å²) in [5.41, 5.74) is 0.550. The van der Waals surface area contributed by atoms with Crippen LogP contribution in [0.4, 0.5) is 24.9 Å². The Labute approximate surface area is 180 Å². The molecular weight excluding hydrogens is 428 g/mol. The molecule has 0 saturated carbocycles. The molecule has 1 fully saturated rings. The van der Waals surface area contributed by atoms with Crippen molar-refractivity contribution in [3.63, 3.8) is 0 Å². The first-order chi connectivity index (χ1) is 15.0. The fraction of sp³-hybridized carbons (Fsp3) is 0.316. The number of alkyl halides is 2. The largest absolute Gasteiger partial charge is 0.435 e. The van der Waals surface area contributed by atoms with E-state index < -0.39 is 6.61 Å². The van der Waals surface area contributed by atoms with Gasteiger partial charge in [0.05, 0.1) is 6.42 Å². The predicted molar refractivity (Wildman–Crippen MR) is 112 cm³/mol. The van der Waals surface area contributed by atoms with Crippen LogP contribution in [0.2, 0.25) is 0 Å². The quantitative estimate of drug-likeness (QED) is 0.543. The number of ether oxygens (including phenoxy) is 1. The lowest BCUT2D eigenvalue weighted by Crippen LogP contribution is -2.26. The SMILES string of the molecule is O=C(Cc1cccc(OC(F)F)c1)Nc1nnc(N[C@@H]2CCN(c3cccnn3)C2)s1. The number of halogens is 2. The summed E-state index contributed by atoms with van der Waals surface area (Å²) in [4.78, 5) is 14.4. The molecule has 1 saturated heterocycles. The third-order valence-corrected chi connectivity index (χ3v) is 5.33. The minimum Gasteiger partial charge on any atom is -0.435 e. The molecule has 9 nitrogen and oxygen atoms in total. The van der Waals surface area contributed by atoms with Gasteiger partial charge in [-0.25, -0.2) is 0 Å². The van der Waals surface area contributed by atoms with E-state index in [0.29, 0.717) is 15.8 Å². The van der Waals surface area contributed by atoms with E-state index in [4.69, 9.17) is 0 Å². The molecule has 2 N–H and O–H groups in total. The van der Waals surface area contributed by atoms with Crippen molar-refractivity contribution >= 4 is 33.3 Å². The van der Waals surface area contributed by atoms with Crippen molar-refractivity contribution in [2.24, 2.45) is 0 Å². The number of aromatic nitrogens is 4.